The first kappa shape index (κ1) is 11.4. The molecule has 0 aliphatic heterocycles. The minimum absolute atomic E-state index is 0.358. The van der Waals surface area contributed by atoms with Crippen molar-refractivity contribution >= 4 is 62.7 Å². The van der Waals surface area contributed by atoms with Gasteiger partial charge in [0.25, 0.3) is 0 Å². The van der Waals surface area contributed by atoms with E-state index in [1.54, 1.807) is 0 Å². The summed E-state index contributed by atoms with van der Waals surface area (Å²) in [6.07, 6.45) is 0. The summed E-state index contributed by atoms with van der Waals surface area (Å²) in [5.74, 6) is 0. The van der Waals surface area contributed by atoms with Crippen LogP contribution in [-0.2, 0) is 0 Å². The second kappa shape index (κ2) is 4.60. The van der Waals surface area contributed by atoms with Crippen molar-refractivity contribution in [2.45, 2.75) is 0 Å². The second-order valence-corrected chi connectivity index (χ2v) is 8.64. The third kappa shape index (κ3) is 2.14. The third-order valence-electron chi connectivity index (χ3n) is 3.44. The van der Waals surface area contributed by atoms with Gasteiger partial charge in [0, 0.05) is 9.40 Å². The normalized spacial score (nSPS) is 11.4. The third-order valence-corrected chi connectivity index (χ3v) is 6.93. The summed E-state index contributed by atoms with van der Waals surface area (Å²) >= 11 is 3.64. The predicted molar refractivity (Wildman–Crippen MR) is 91.5 cm³/mol. The average Bonchev–Trinajstić information content (AvgIpc) is 3.05. The molecule has 0 spiro atoms. The minimum Gasteiger partial charge on any atom is -0.144 e. The maximum Gasteiger partial charge on any atom is 0.0875 e. The largest absolute Gasteiger partial charge is 0.144 e. The molecule has 0 N–H and O–H groups in total. The molecule has 4 aromatic rings. The highest BCUT2D eigenvalue weighted by Crippen LogP contribution is 2.19. The van der Waals surface area contributed by atoms with Crippen LogP contribution in [0, 0.1) is 0 Å². The molecule has 2 aromatic heterocycles. The first-order chi connectivity index (χ1) is 9.38. The Bertz CT molecular complexity index is 785. The van der Waals surface area contributed by atoms with Gasteiger partial charge in [-0.05, 0) is 45.8 Å². The Hall–Kier alpha value is -1.42. The molecule has 0 radical (unpaired) electrons. The van der Waals surface area contributed by atoms with E-state index >= 15 is 0 Å². The molecule has 0 bridgehead atoms. The van der Waals surface area contributed by atoms with E-state index in [0.717, 1.165) is 0 Å². The van der Waals surface area contributed by atoms with E-state index < -0.39 is 0 Å². The van der Waals surface area contributed by atoms with E-state index in [2.05, 4.69) is 59.3 Å². The summed E-state index contributed by atoms with van der Waals surface area (Å²) in [4.78, 5) is 0. The first-order valence-corrected chi connectivity index (χ1v) is 9.48. The number of hydrogen-bond acceptors (Lipinski definition) is 2. The maximum atomic E-state index is 2.37. The molecule has 2 aromatic carbocycles. The first-order valence-electron chi connectivity index (χ1n) is 6.31. The Labute approximate surface area is 122 Å². The van der Waals surface area contributed by atoms with Crippen LogP contribution in [0.1, 0.15) is 0 Å². The lowest BCUT2D eigenvalue weighted by Crippen LogP contribution is -2.26. The summed E-state index contributed by atoms with van der Waals surface area (Å²) in [7, 11) is -0.358. The molecule has 0 atom stereocenters. The number of fused-ring (bicyclic) bond motifs is 2. The van der Waals surface area contributed by atoms with Gasteiger partial charge in [0.1, 0.15) is 0 Å². The molecule has 0 nitrogen and oxygen atoms in total. The summed E-state index contributed by atoms with van der Waals surface area (Å²) in [6.45, 7) is 0. The Morgan fingerprint density at radius 1 is 0.632 bits per heavy atom. The summed E-state index contributed by atoms with van der Waals surface area (Å²) in [5.41, 5.74) is 0. The van der Waals surface area contributed by atoms with E-state index in [1.807, 2.05) is 22.7 Å². The molecule has 0 aliphatic rings. The van der Waals surface area contributed by atoms with E-state index in [0.29, 0.717) is 0 Å². The fraction of sp³-hybridized carbons (Fsp3) is 0. The van der Waals surface area contributed by atoms with Crippen LogP contribution in [-0.4, -0.2) is 9.52 Å². The van der Waals surface area contributed by atoms with Gasteiger partial charge >= 0.3 is 0 Å². The molecule has 2 heterocycles. The van der Waals surface area contributed by atoms with Crippen LogP contribution in [0.25, 0.3) is 20.2 Å². The van der Waals surface area contributed by atoms with Crippen LogP contribution in [0.2, 0.25) is 0 Å². The standard InChI is InChI=1S/C16H12S2Si/c1-3-15-11(5-7-17-15)9-13(1)19-14-2-4-16-12(10-14)6-8-18-16/h1-10H,19H2. The Balaban J connectivity index is 1.72. The van der Waals surface area contributed by atoms with Gasteiger partial charge in [-0.2, -0.15) is 0 Å². The zero-order valence-corrected chi connectivity index (χ0v) is 13.3. The SMILES string of the molecule is c1cc2cc([SiH2]c3ccc4sccc4c3)ccc2s1. The van der Waals surface area contributed by atoms with Crippen molar-refractivity contribution in [2.75, 3.05) is 0 Å². The van der Waals surface area contributed by atoms with E-state index in [4.69, 9.17) is 0 Å². The molecule has 92 valence electrons. The van der Waals surface area contributed by atoms with Gasteiger partial charge in [0.2, 0.25) is 0 Å². The van der Waals surface area contributed by atoms with Crippen molar-refractivity contribution in [1.29, 1.82) is 0 Å². The van der Waals surface area contributed by atoms with Crippen molar-refractivity contribution in [3.8, 4) is 0 Å². The number of hydrogen-bond donors (Lipinski definition) is 0. The molecular weight excluding hydrogens is 284 g/mol. The summed E-state index contributed by atoms with van der Waals surface area (Å²) in [6, 6.07) is 18.3. The lowest BCUT2D eigenvalue weighted by Gasteiger charge is -2.02. The predicted octanol–water partition coefficient (Wildman–Crippen LogP) is 3.24. The zero-order chi connectivity index (χ0) is 12.7. The topological polar surface area (TPSA) is 0 Å². The molecule has 0 fully saturated rings. The van der Waals surface area contributed by atoms with E-state index in [1.165, 1.54) is 30.5 Å². The fourth-order valence-electron chi connectivity index (χ4n) is 2.49. The molecular formula is C16H12S2Si. The number of thiophene rings is 2. The van der Waals surface area contributed by atoms with Crippen LogP contribution in [0.15, 0.2) is 59.3 Å². The van der Waals surface area contributed by atoms with Gasteiger partial charge in [-0.15, -0.1) is 22.7 Å². The molecule has 0 unspecified atom stereocenters. The highest BCUT2D eigenvalue weighted by molar-refractivity contribution is 7.17. The van der Waals surface area contributed by atoms with Crippen LogP contribution in [0.4, 0.5) is 0 Å². The average molecular weight is 296 g/mol. The number of rotatable bonds is 2. The van der Waals surface area contributed by atoms with Crippen LogP contribution in [0.3, 0.4) is 0 Å². The van der Waals surface area contributed by atoms with Gasteiger partial charge in [0.15, 0.2) is 0 Å². The molecule has 0 amide bonds. The lowest BCUT2D eigenvalue weighted by atomic mass is 10.3. The van der Waals surface area contributed by atoms with E-state index in [-0.39, 0.29) is 9.52 Å². The van der Waals surface area contributed by atoms with Gasteiger partial charge in [-0.25, -0.2) is 0 Å². The lowest BCUT2D eigenvalue weighted by molar-refractivity contribution is 1.90. The van der Waals surface area contributed by atoms with Crippen molar-refractivity contribution in [1.82, 2.24) is 0 Å². The van der Waals surface area contributed by atoms with Gasteiger partial charge < -0.3 is 0 Å². The summed E-state index contributed by atoms with van der Waals surface area (Å²) in [5, 5.41) is 10.2. The van der Waals surface area contributed by atoms with Crippen molar-refractivity contribution < 1.29 is 0 Å². The van der Waals surface area contributed by atoms with E-state index in [9.17, 15) is 0 Å². The quantitative estimate of drug-likeness (QED) is 0.498. The maximum absolute atomic E-state index is 2.37. The molecule has 0 aliphatic carbocycles. The highest BCUT2D eigenvalue weighted by atomic mass is 32.1. The Morgan fingerprint density at radius 3 is 1.68 bits per heavy atom. The number of benzene rings is 2. The van der Waals surface area contributed by atoms with Gasteiger partial charge in [0.05, 0.1) is 9.52 Å². The van der Waals surface area contributed by atoms with Crippen molar-refractivity contribution in [2.24, 2.45) is 0 Å². The summed E-state index contributed by atoms with van der Waals surface area (Å²) < 4.78 is 2.79. The van der Waals surface area contributed by atoms with Crippen LogP contribution < -0.4 is 10.4 Å². The molecule has 4 rings (SSSR count). The Kier molecular flexibility index (Phi) is 2.76. The van der Waals surface area contributed by atoms with Gasteiger partial charge in [-0.1, -0.05) is 34.6 Å². The monoisotopic (exact) mass is 296 g/mol. The van der Waals surface area contributed by atoms with Crippen LogP contribution >= 0.6 is 22.7 Å². The minimum atomic E-state index is -0.358. The zero-order valence-electron chi connectivity index (χ0n) is 10.3. The molecule has 0 saturated heterocycles. The van der Waals surface area contributed by atoms with Gasteiger partial charge in [-0.3, -0.25) is 0 Å². The molecule has 0 saturated carbocycles. The second-order valence-electron chi connectivity index (χ2n) is 4.76. The van der Waals surface area contributed by atoms with Crippen LogP contribution in [0.5, 0.6) is 0 Å². The molecule has 19 heavy (non-hydrogen) atoms. The Morgan fingerprint density at radius 2 is 1.16 bits per heavy atom. The van der Waals surface area contributed by atoms with Crippen molar-refractivity contribution in [3.05, 3.63) is 59.3 Å². The smallest absolute Gasteiger partial charge is 0.0875 e. The highest BCUT2D eigenvalue weighted by Gasteiger charge is 2.02. The molecule has 3 heteroatoms. The fourth-order valence-corrected chi connectivity index (χ4v) is 5.62. The van der Waals surface area contributed by atoms with Crippen molar-refractivity contribution in [3.63, 3.8) is 0 Å².